The minimum atomic E-state index is -2.73. The van der Waals surface area contributed by atoms with E-state index >= 15 is 0 Å². The summed E-state index contributed by atoms with van der Waals surface area (Å²) in [7, 11) is 2.09. The third-order valence-electron chi connectivity index (χ3n) is 5.50. The van der Waals surface area contributed by atoms with E-state index < -0.39 is 11.6 Å². The van der Waals surface area contributed by atoms with Gasteiger partial charge in [0, 0.05) is 54.9 Å². The van der Waals surface area contributed by atoms with E-state index in [2.05, 4.69) is 39.2 Å². The Bertz CT molecular complexity index is 1160. The summed E-state index contributed by atoms with van der Waals surface area (Å²) in [4.78, 5) is 6.37. The van der Waals surface area contributed by atoms with Gasteiger partial charge in [-0.2, -0.15) is 0 Å². The van der Waals surface area contributed by atoms with E-state index in [0.29, 0.717) is 16.7 Å². The minimum Gasteiger partial charge on any atom is -0.432 e. The van der Waals surface area contributed by atoms with Gasteiger partial charge in [-0.1, -0.05) is 17.9 Å². The number of hydrogen-bond donors (Lipinski definition) is 6. The van der Waals surface area contributed by atoms with Crippen LogP contribution in [-0.4, -0.2) is 75.3 Å². The maximum absolute atomic E-state index is 10.7. The topological polar surface area (TPSA) is 151 Å². The van der Waals surface area contributed by atoms with Gasteiger partial charge in [-0.05, 0) is 58.1 Å². The maximum atomic E-state index is 10.7. The largest absolute Gasteiger partial charge is 0.432 e. The first-order valence-electron chi connectivity index (χ1n) is 11.6. The highest BCUT2D eigenvalue weighted by Crippen LogP contribution is 2.30. The Morgan fingerprint density at radius 3 is 2.69 bits per heavy atom. The number of rotatable bonds is 7. The standard InChI is InChI=1S/C26H34N6O4/c1-25(2,33)9-8-19-6-4-7-22(14-19)26(34,35)36-23-15-20(17-29-24(23)28)21(16-27)18-30-32-11-5-10-31(3)12-13-32/h4,6-7,14-18,27,30,33-35H,5,10-13H2,1-3H3,(H2,28,29)/b21-18+,27-16?. The van der Waals surface area contributed by atoms with Gasteiger partial charge in [0.25, 0.3) is 0 Å². The number of nitrogen functional groups attached to an aromatic ring is 1. The Morgan fingerprint density at radius 1 is 1.19 bits per heavy atom. The highest BCUT2D eigenvalue weighted by atomic mass is 16.8. The molecule has 1 aliphatic rings. The number of nitrogens with two attached hydrogens (primary N) is 1. The summed E-state index contributed by atoms with van der Waals surface area (Å²) in [5, 5.41) is 41.1. The van der Waals surface area contributed by atoms with Crippen LogP contribution in [0.4, 0.5) is 5.82 Å². The van der Waals surface area contributed by atoms with Crippen molar-refractivity contribution in [1.29, 1.82) is 5.41 Å². The van der Waals surface area contributed by atoms with Crippen molar-refractivity contribution in [3.8, 4) is 17.6 Å². The van der Waals surface area contributed by atoms with Gasteiger partial charge in [0.1, 0.15) is 5.60 Å². The van der Waals surface area contributed by atoms with Gasteiger partial charge in [-0.25, -0.2) is 9.99 Å². The molecule has 2 aromatic rings. The lowest BCUT2D eigenvalue weighted by Gasteiger charge is -2.24. The molecule has 1 aromatic heterocycles. The molecule has 10 heteroatoms. The van der Waals surface area contributed by atoms with Gasteiger partial charge in [0.05, 0.1) is 5.56 Å². The number of hydrogen-bond acceptors (Lipinski definition) is 10. The molecule has 192 valence electrons. The van der Waals surface area contributed by atoms with Crippen molar-refractivity contribution >= 4 is 17.6 Å². The Morgan fingerprint density at radius 2 is 1.97 bits per heavy atom. The van der Waals surface area contributed by atoms with Crippen LogP contribution in [0.15, 0.2) is 42.7 Å². The number of pyridine rings is 1. The van der Waals surface area contributed by atoms with Gasteiger partial charge in [0.2, 0.25) is 0 Å². The third kappa shape index (κ3) is 7.78. The van der Waals surface area contributed by atoms with Crippen LogP contribution in [0.25, 0.3) is 5.57 Å². The van der Waals surface area contributed by atoms with Crippen molar-refractivity contribution in [2.45, 2.75) is 31.8 Å². The number of nitrogens with one attached hydrogen (secondary N) is 2. The summed E-state index contributed by atoms with van der Waals surface area (Å²) in [5.41, 5.74) is 9.49. The van der Waals surface area contributed by atoms with Gasteiger partial charge in [-0.15, -0.1) is 0 Å². The molecule has 1 aromatic carbocycles. The second-order valence-electron chi connectivity index (χ2n) is 9.22. The van der Waals surface area contributed by atoms with Crippen LogP contribution in [0.5, 0.6) is 5.75 Å². The molecule has 36 heavy (non-hydrogen) atoms. The highest BCUT2D eigenvalue weighted by Gasteiger charge is 2.30. The Hall–Kier alpha value is -3.46. The average molecular weight is 495 g/mol. The van der Waals surface area contributed by atoms with Crippen molar-refractivity contribution in [2.24, 2.45) is 0 Å². The molecule has 7 N–H and O–H groups in total. The number of hydrazine groups is 1. The molecule has 1 saturated heterocycles. The van der Waals surface area contributed by atoms with Crippen LogP contribution in [0.2, 0.25) is 0 Å². The van der Waals surface area contributed by atoms with E-state index in [1.165, 1.54) is 30.6 Å². The van der Waals surface area contributed by atoms with Crippen molar-refractivity contribution in [1.82, 2.24) is 20.3 Å². The first kappa shape index (κ1) is 27.1. The van der Waals surface area contributed by atoms with Crippen molar-refractivity contribution < 1.29 is 20.1 Å². The number of nitrogens with zero attached hydrogens (tertiary/aromatic N) is 3. The molecule has 0 bridgehead atoms. The predicted octanol–water partition coefficient (Wildman–Crippen LogP) is 1.09. The Balaban J connectivity index is 1.80. The molecule has 0 amide bonds. The zero-order chi connectivity index (χ0) is 26.3. The van der Waals surface area contributed by atoms with Crippen molar-refractivity contribution in [3.63, 3.8) is 0 Å². The number of likely N-dealkylation sites (N-methyl/N-ethyl adjacent to an activating group) is 1. The lowest BCUT2D eigenvalue weighted by molar-refractivity contribution is -0.303. The zero-order valence-corrected chi connectivity index (χ0v) is 20.8. The quantitative estimate of drug-likeness (QED) is 0.189. The van der Waals surface area contributed by atoms with Crippen LogP contribution in [0.1, 0.15) is 37.0 Å². The fourth-order valence-electron chi connectivity index (χ4n) is 3.48. The van der Waals surface area contributed by atoms with Crippen LogP contribution in [0.3, 0.4) is 0 Å². The van der Waals surface area contributed by atoms with E-state index in [1.54, 1.807) is 32.2 Å². The molecule has 0 saturated carbocycles. The monoisotopic (exact) mass is 494 g/mol. The molecule has 0 atom stereocenters. The predicted molar refractivity (Wildman–Crippen MR) is 139 cm³/mol. The van der Waals surface area contributed by atoms with E-state index in [4.69, 9.17) is 15.9 Å². The number of ether oxygens (including phenoxy) is 1. The van der Waals surface area contributed by atoms with Crippen LogP contribution in [0, 0.1) is 17.3 Å². The number of allylic oxidation sites excluding steroid dienone is 1. The van der Waals surface area contributed by atoms with E-state index in [0.717, 1.165) is 32.6 Å². The average Bonchev–Trinajstić information content (AvgIpc) is 3.03. The minimum absolute atomic E-state index is 0.0190. The smallest absolute Gasteiger partial charge is 0.351 e. The maximum Gasteiger partial charge on any atom is 0.351 e. The van der Waals surface area contributed by atoms with Crippen molar-refractivity contribution in [2.75, 3.05) is 39.0 Å². The summed E-state index contributed by atoms with van der Waals surface area (Å²) >= 11 is 0. The summed E-state index contributed by atoms with van der Waals surface area (Å²) in [6.45, 7) is 6.78. The zero-order valence-electron chi connectivity index (χ0n) is 20.8. The molecule has 0 unspecified atom stereocenters. The summed E-state index contributed by atoms with van der Waals surface area (Å²) in [6, 6.07) is 7.67. The summed E-state index contributed by atoms with van der Waals surface area (Å²) in [6.07, 6.45) is 5.38. The SMILES string of the molecule is CN1CCCN(N/C=C(\C=N)c2cnc(N)c(OC(O)(O)c3cccc(C#CC(C)(C)O)c3)c2)CC1. The van der Waals surface area contributed by atoms with Crippen LogP contribution in [-0.2, 0) is 5.97 Å². The number of anilines is 1. The van der Waals surface area contributed by atoms with E-state index in [9.17, 15) is 15.3 Å². The van der Waals surface area contributed by atoms with Crippen LogP contribution >= 0.6 is 0 Å². The first-order chi connectivity index (χ1) is 17.0. The third-order valence-corrected chi connectivity index (χ3v) is 5.50. The molecule has 2 heterocycles. The molecule has 10 nitrogen and oxygen atoms in total. The fraction of sp³-hybridized carbons (Fsp3) is 0.385. The Labute approximate surface area is 211 Å². The summed E-state index contributed by atoms with van der Waals surface area (Å²) < 4.78 is 5.46. The Kier molecular flexibility index (Phi) is 8.68. The van der Waals surface area contributed by atoms with Gasteiger partial charge in [0.15, 0.2) is 11.6 Å². The number of aromatic nitrogens is 1. The lowest BCUT2D eigenvalue weighted by Crippen LogP contribution is -2.37. The molecule has 1 fully saturated rings. The second kappa shape index (κ2) is 11.5. The molecular weight excluding hydrogens is 460 g/mol. The molecule has 3 rings (SSSR count). The number of aliphatic hydroxyl groups is 3. The van der Waals surface area contributed by atoms with Gasteiger partial charge in [-0.3, -0.25) is 0 Å². The summed E-state index contributed by atoms with van der Waals surface area (Å²) in [5.74, 6) is 2.63. The fourth-order valence-corrected chi connectivity index (χ4v) is 3.48. The second-order valence-corrected chi connectivity index (χ2v) is 9.22. The highest BCUT2D eigenvalue weighted by molar-refractivity contribution is 6.08. The first-order valence-corrected chi connectivity index (χ1v) is 11.6. The lowest BCUT2D eigenvalue weighted by atomic mass is 10.1. The van der Waals surface area contributed by atoms with Gasteiger partial charge >= 0.3 is 5.97 Å². The molecular formula is C26H34N6O4. The molecule has 0 radical (unpaired) electrons. The number of benzene rings is 1. The molecule has 0 spiro atoms. The molecule has 0 aliphatic carbocycles. The van der Waals surface area contributed by atoms with Gasteiger partial charge < -0.3 is 41.5 Å². The van der Waals surface area contributed by atoms with Crippen molar-refractivity contribution in [3.05, 3.63) is 59.4 Å². The normalized spacial score (nSPS) is 16.0. The van der Waals surface area contributed by atoms with Crippen LogP contribution < -0.4 is 15.9 Å². The van der Waals surface area contributed by atoms with E-state index in [-0.39, 0.29) is 17.1 Å². The van der Waals surface area contributed by atoms with E-state index in [1.807, 2.05) is 0 Å². The molecule has 1 aliphatic heterocycles.